The van der Waals surface area contributed by atoms with E-state index < -0.39 is 0 Å². The van der Waals surface area contributed by atoms with Crippen molar-refractivity contribution in [2.45, 2.75) is 6.04 Å². The number of hydrogen-bond donors (Lipinski definition) is 2. The molecule has 0 spiro atoms. The van der Waals surface area contributed by atoms with Crippen molar-refractivity contribution in [2.24, 2.45) is 0 Å². The van der Waals surface area contributed by atoms with Crippen LogP contribution in [0.25, 0.3) is 0 Å². The molecule has 3 rings (SSSR count). The average molecular weight is 331 g/mol. The number of hydrogen-bond acceptors (Lipinski definition) is 4. The van der Waals surface area contributed by atoms with E-state index in [-0.39, 0.29) is 11.9 Å². The van der Waals surface area contributed by atoms with Crippen LogP contribution < -0.4 is 15.0 Å². The molecule has 128 valence electrons. The van der Waals surface area contributed by atoms with Crippen LogP contribution >= 0.6 is 0 Å². The lowest BCUT2D eigenvalue weighted by molar-refractivity contribution is -0.938. The molecule has 6 nitrogen and oxygen atoms in total. The van der Waals surface area contributed by atoms with E-state index in [0.29, 0.717) is 12.1 Å². The second-order valence-corrected chi connectivity index (χ2v) is 5.78. The zero-order valence-corrected chi connectivity index (χ0v) is 13.8. The van der Waals surface area contributed by atoms with Gasteiger partial charge in [-0.1, -0.05) is 0 Å². The molecule has 1 aromatic heterocycles. The number of nitrogens with one attached hydrogen (secondary N) is 2. The lowest BCUT2D eigenvalue weighted by atomic mass is 10.1. The summed E-state index contributed by atoms with van der Waals surface area (Å²) in [5.74, 6) is 1.53. The molecule has 0 unspecified atom stereocenters. The quantitative estimate of drug-likeness (QED) is 0.817. The molecule has 1 aliphatic heterocycles. The molecule has 1 aliphatic rings. The lowest BCUT2D eigenvalue weighted by Crippen LogP contribution is -3.15. The van der Waals surface area contributed by atoms with E-state index in [0.717, 1.165) is 37.8 Å². The van der Waals surface area contributed by atoms with E-state index in [9.17, 15) is 4.79 Å². The topological polar surface area (TPSA) is 65.1 Å². The van der Waals surface area contributed by atoms with Crippen molar-refractivity contribution in [3.63, 3.8) is 0 Å². The van der Waals surface area contributed by atoms with Crippen molar-refractivity contribution < 1.29 is 23.6 Å². The SMILES string of the molecule is COc1ccc(C(=O)NC[C@H](c2ccco2)[NH+]2CCOCC2)cc1. The number of morpholine rings is 1. The predicted molar refractivity (Wildman–Crippen MR) is 88.3 cm³/mol. The largest absolute Gasteiger partial charge is 0.497 e. The molecular weight excluding hydrogens is 308 g/mol. The summed E-state index contributed by atoms with van der Waals surface area (Å²) in [6, 6.07) is 11.0. The van der Waals surface area contributed by atoms with Crippen LogP contribution in [-0.2, 0) is 4.74 Å². The van der Waals surface area contributed by atoms with E-state index >= 15 is 0 Å². The third-order valence-corrected chi connectivity index (χ3v) is 4.33. The highest BCUT2D eigenvalue weighted by atomic mass is 16.5. The third kappa shape index (κ3) is 3.96. The van der Waals surface area contributed by atoms with Crippen molar-refractivity contribution in [2.75, 3.05) is 40.0 Å². The Morgan fingerprint density at radius 1 is 1.25 bits per heavy atom. The summed E-state index contributed by atoms with van der Waals surface area (Å²) in [7, 11) is 1.61. The molecule has 1 saturated heterocycles. The van der Waals surface area contributed by atoms with Gasteiger partial charge in [0.05, 0.1) is 33.1 Å². The number of furan rings is 1. The van der Waals surface area contributed by atoms with Gasteiger partial charge in [0.25, 0.3) is 5.91 Å². The van der Waals surface area contributed by atoms with Gasteiger partial charge in [-0.3, -0.25) is 4.79 Å². The van der Waals surface area contributed by atoms with E-state index in [4.69, 9.17) is 13.9 Å². The highest BCUT2D eigenvalue weighted by molar-refractivity contribution is 5.94. The first kappa shape index (κ1) is 16.5. The molecule has 0 saturated carbocycles. The van der Waals surface area contributed by atoms with Crippen molar-refractivity contribution >= 4 is 5.91 Å². The Labute approximate surface area is 141 Å². The van der Waals surface area contributed by atoms with Gasteiger partial charge < -0.3 is 24.1 Å². The smallest absolute Gasteiger partial charge is 0.251 e. The van der Waals surface area contributed by atoms with Gasteiger partial charge in [0.2, 0.25) is 0 Å². The fraction of sp³-hybridized carbons (Fsp3) is 0.389. The molecule has 6 heteroatoms. The van der Waals surface area contributed by atoms with Crippen molar-refractivity contribution in [1.82, 2.24) is 5.32 Å². The number of carbonyl (C=O) groups excluding carboxylic acids is 1. The van der Waals surface area contributed by atoms with Gasteiger partial charge in [0, 0.05) is 5.56 Å². The second kappa shape index (κ2) is 7.99. The van der Waals surface area contributed by atoms with E-state index in [1.165, 1.54) is 4.90 Å². The molecule has 1 aromatic carbocycles. The zero-order valence-electron chi connectivity index (χ0n) is 13.8. The Bertz CT molecular complexity index is 634. The molecule has 0 radical (unpaired) electrons. The van der Waals surface area contributed by atoms with Crippen LogP contribution in [0, 0.1) is 0 Å². The van der Waals surface area contributed by atoms with Crippen LogP contribution in [0.2, 0.25) is 0 Å². The molecule has 1 atom stereocenters. The van der Waals surface area contributed by atoms with Gasteiger partial charge in [-0.05, 0) is 36.4 Å². The Balaban J connectivity index is 1.65. The summed E-state index contributed by atoms with van der Waals surface area (Å²) in [6.07, 6.45) is 1.67. The average Bonchev–Trinajstić information content (AvgIpc) is 3.17. The molecule has 2 N–H and O–H groups in total. The van der Waals surface area contributed by atoms with Crippen LogP contribution in [0.1, 0.15) is 22.2 Å². The fourth-order valence-corrected chi connectivity index (χ4v) is 2.96. The van der Waals surface area contributed by atoms with Gasteiger partial charge in [-0.2, -0.15) is 0 Å². The maximum atomic E-state index is 12.4. The standard InChI is InChI=1S/C18H22N2O4/c1-22-15-6-4-14(5-7-15)18(21)19-13-16(17-3-2-10-24-17)20-8-11-23-12-9-20/h2-7,10,16H,8-9,11-13H2,1H3,(H,19,21)/p+1/t16-/m1/s1. The van der Waals surface area contributed by atoms with E-state index in [1.807, 2.05) is 12.1 Å². The lowest BCUT2D eigenvalue weighted by Gasteiger charge is -2.30. The number of methoxy groups -OCH3 is 1. The number of benzene rings is 1. The Morgan fingerprint density at radius 2 is 2.00 bits per heavy atom. The summed E-state index contributed by atoms with van der Waals surface area (Å²) in [4.78, 5) is 13.8. The maximum Gasteiger partial charge on any atom is 0.251 e. The first-order chi connectivity index (χ1) is 11.8. The minimum Gasteiger partial charge on any atom is -0.497 e. The Morgan fingerprint density at radius 3 is 2.62 bits per heavy atom. The second-order valence-electron chi connectivity index (χ2n) is 5.78. The summed E-state index contributed by atoms with van der Waals surface area (Å²) < 4.78 is 16.1. The van der Waals surface area contributed by atoms with Gasteiger partial charge >= 0.3 is 0 Å². The molecule has 2 heterocycles. The summed E-state index contributed by atoms with van der Waals surface area (Å²) in [5, 5.41) is 3.02. The van der Waals surface area contributed by atoms with Crippen molar-refractivity contribution in [3.8, 4) is 5.75 Å². The first-order valence-electron chi connectivity index (χ1n) is 8.16. The number of rotatable bonds is 6. The van der Waals surface area contributed by atoms with Crippen LogP contribution in [0.3, 0.4) is 0 Å². The van der Waals surface area contributed by atoms with Crippen molar-refractivity contribution in [3.05, 3.63) is 54.0 Å². The minimum atomic E-state index is -0.0955. The zero-order chi connectivity index (χ0) is 16.8. The minimum absolute atomic E-state index is 0.0890. The Kier molecular flexibility index (Phi) is 5.51. The fourth-order valence-electron chi connectivity index (χ4n) is 2.96. The predicted octanol–water partition coefficient (Wildman–Crippen LogP) is 0.674. The van der Waals surface area contributed by atoms with Crippen LogP contribution in [0.15, 0.2) is 47.1 Å². The summed E-state index contributed by atoms with van der Waals surface area (Å²) >= 11 is 0. The van der Waals surface area contributed by atoms with Gasteiger partial charge in [-0.15, -0.1) is 0 Å². The highest BCUT2D eigenvalue weighted by Crippen LogP contribution is 2.13. The molecule has 2 aromatic rings. The number of amides is 1. The highest BCUT2D eigenvalue weighted by Gasteiger charge is 2.29. The molecule has 0 aliphatic carbocycles. The Hall–Kier alpha value is -2.31. The third-order valence-electron chi connectivity index (χ3n) is 4.33. The van der Waals surface area contributed by atoms with Crippen LogP contribution in [0.4, 0.5) is 0 Å². The van der Waals surface area contributed by atoms with E-state index in [1.54, 1.807) is 37.6 Å². The van der Waals surface area contributed by atoms with E-state index in [2.05, 4.69) is 5.32 Å². The van der Waals surface area contributed by atoms with Gasteiger partial charge in [0.15, 0.2) is 11.8 Å². The molecule has 1 amide bonds. The van der Waals surface area contributed by atoms with Crippen LogP contribution in [0.5, 0.6) is 5.75 Å². The summed E-state index contributed by atoms with van der Waals surface area (Å²) in [5.41, 5.74) is 0.617. The normalized spacial score (nSPS) is 16.5. The van der Waals surface area contributed by atoms with Gasteiger partial charge in [-0.25, -0.2) is 0 Å². The van der Waals surface area contributed by atoms with Crippen molar-refractivity contribution in [1.29, 1.82) is 0 Å². The summed E-state index contributed by atoms with van der Waals surface area (Å²) in [6.45, 7) is 3.80. The number of ether oxygens (including phenoxy) is 2. The maximum absolute atomic E-state index is 12.4. The molecule has 0 bridgehead atoms. The number of quaternary nitrogens is 1. The molecule has 24 heavy (non-hydrogen) atoms. The van der Waals surface area contributed by atoms with Gasteiger partial charge in [0.1, 0.15) is 18.8 Å². The molecule has 1 fully saturated rings. The first-order valence-corrected chi connectivity index (χ1v) is 8.16. The molecular formula is C18H23N2O4+. The van der Waals surface area contributed by atoms with Crippen LogP contribution in [-0.4, -0.2) is 45.9 Å². The monoisotopic (exact) mass is 331 g/mol. The number of carbonyl (C=O) groups is 1.